The fraction of sp³-hybridized carbons (Fsp3) is 1.00. The van der Waals surface area contributed by atoms with Gasteiger partial charge in [-0.3, -0.25) is 0 Å². The normalized spacial score (nSPS) is 20.6. The van der Waals surface area contributed by atoms with Gasteiger partial charge < -0.3 is 15.0 Å². The monoisotopic (exact) mass is 228 g/mol. The Kier molecular flexibility index (Phi) is 5.73. The molecular formula is C13H28N2O. The molecule has 0 spiro atoms. The van der Waals surface area contributed by atoms with E-state index < -0.39 is 0 Å². The summed E-state index contributed by atoms with van der Waals surface area (Å²) in [7, 11) is 2.18. The molecule has 0 atom stereocenters. The first-order valence-corrected chi connectivity index (χ1v) is 6.52. The van der Waals surface area contributed by atoms with Gasteiger partial charge in [0.2, 0.25) is 0 Å². The number of hydrogen-bond donors (Lipinski definition) is 1. The Morgan fingerprint density at radius 1 is 1.31 bits per heavy atom. The third-order valence-electron chi connectivity index (χ3n) is 3.77. The van der Waals surface area contributed by atoms with Gasteiger partial charge in [-0.05, 0) is 39.2 Å². The topological polar surface area (TPSA) is 24.5 Å². The van der Waals surface area contributed by atoms with Gasteiger partial charge in [-0.1, -0.05) is 6.92 Å². The third-order valence-corrected chi connectivity index (χ3v) is 3.77. The van der Waals surface area contributed by atoms with Gasteiger partial charge >= 0.3 is 0 Å². The molecule has 0 aromatic rings. The van der Waals surface area contributed by atoms with Crippen LogP contribution in [0.1, 0.15) is 33.6 Å². The van der Waals surface area contributed by atoms with Gasteiger partial charge in [-0.2, -0.15) is 0 Å². The van der Waals surface area contributed by atoms with Gasteiger partial charge in [-0.25, -0.2) is 0 Å². The van der Waals surface area contributed by atoms with E-state index in [1.165, 1.54) is 12.8 Å². The van der Waals surface area contributed by atoms with E-state index >= 15 is 0 Å². The first-order chi connectivity index (χ1) is 7.53. The summed E-state index contributed by atoms with van der Waals surface area (Å²) in [4.78, 5) is 2.37. The van der Waals surface area contributed by atoms with Crippen molar-refractivity contribution in [1.82, 2.24) is 10.2 Å². The van der Waals surface area contributed by atoms with Gasteiger partial charge in [0.05, 0.1) is 0 Å². The van der Waals surface area contributed by atoms with Crippen molar-refractivity contribution in [2.45, 2.75) is 39.7 Å². The molecule has 0 unspecified atom stereocenters. The summed E-state index contributed by atoms with van der Waals surface area (Å²) in [6, 6.07) is 0.639. The summed E-state index contributed by atoms with van der Waals surface area (Å²) < 4.78 is 5.40. The van der Waals surface area contributed by atoms with Crippen LogP contribution < -0.4 is 5.32 Å². The van der Waals surface area contributed by atoms with E-state index in [4.69, 9.17) is 4.74 Å². The van der Waals surface area contributed by atoms with Gasteiger partial charge in [0.15, 0.2) is 0 Å². The Morgan fingerprint density at radius 2 is 1.94 bits per heavy atom. The zero-order valence-electron chi connectivity index (χ0n) is 11.4. The van der Waals surface area contributed by atoms with Gasteiger partial charge in [0.25, 0.3) is 0 Å². The molecule has 0 bridgehead atoms. The molecule has 1 heterocycles. The predicted octanol–water partition coefficient (Wildman–Crippen LogP) is 1.73. The van der Waals surface area contributed by atoms with Crippen molar-refractivity contribution < 1.29 is 4.74 Å². The van der Waals surface area contributed by atoms with Crippen LogP contribution in [0.2, 0.25) is 0 Å². The van der Waals surface area contributed by atoms with Crippen LogP contribution in [0.5, 0.6) is 0 Å². The molecule has 96 valence electrons. The maximum Gasteiger partial charge on any atom is 0.0471 e. The Bertz CT molecular complexity index is 188. The Labute approximate surface area is 101 Å². The lowest BCUT2D eigenvalue weighted by Gasteiger charge is -2.34. The molecule has 1 aliphatic heterocycles. The molecule has 16 heavy (non-hydrogen) atoms. The van der Waals surface area contributed by atoms with Crippen molar-refractivity contribution in [3.63, 3.8) is 0 Å². The fourth-order valence-corrected chi connectivity index (χ4v) is 1.94. The lowest BCUT2D eigenvalue weighted by Crippen LogP contribution is -2.40. The van der Waals surface area contributed by atoms with Crippen molar-refractivity contribution in [1.29, 1.82) is 0 Å². The Hall–Kier alpha value is -0.120. The number of ether oxygens (including phenoxy) is 1. The highest BCUT2D eigenvalue weighted by molar-refractivity contribution is 4.79. The summed E-state index contributed by atoms with van der Waals surface area (Å²) in [6.07, 6.45) is 2.39. The van der Waals surface area contributed by atoms with Crippen LogP contribution in [-0.2, 0) is 4.74 Å². The molecule has 1 rings (SSSR count). The zero-order chi connectivity index (χ0) is 12.0. The summed E-state index contributed by atoms with van der Waals surface area (Å²) in [6.45, 7) is 12.1. The quantitative estimate of drug-likeness (QED) is 0.701. The molecule has 0 aromatic heterocycles. The number of nitrogens with one attached hydrogen (secondary N) is 1. The molecule has 0 aliphatic carbocycles. The van der Waals surface area contributed by atoms with Crippen molar-refractivity contribution >= 4 is 0 Å². The number of hydrogen-bond acceptors (Lipinski definition) is 3. The van der Waals surface area contributed by atoms with E-state index in [1.807, 2.05) is 0 Å². The molecule has 1 fully saturated rings. The largest absolute Gasteiger partial charge is 0.381 e. The van der Waals surface area contributed by atoms with Crippen LogP contribution in [0.3, 0.4) is 0 Å². The fourth-order valence-electron chi connectivity index (χ4n) is 1.94. The smallest absolute Gasteiger partial charge is 0.0471 e. The van der Waals surface area contributed by atoms with Crippen LogP contribution >= 0.6 is 0 Å². The standard InChI is InChI=1S/C13H28N2O/c1-12(2)15(4)8-7-14-11-13(3)5-9-16-10-6-13/h12,14H,5-11H2,1-4H3. The van der Waals surface area contributed by atoms with E-state index in [1.54, 1.807) is 0 Å². The number of rotatable bonds is 6. The first kappa shape index (κ1) is 13.9. The average Bonchev–Trinajstić information content (AvgIpc) is 2.25. The van der Waals surface area contributed by atoms with E-state index in [-0.39, 0.29) is 0 Å². The molecule has 0 amide bonds. The number of likely N-dealkylation sites (N-methyl/N-ethyl adjacent to an activating group) is 1. The highest BCUT2D eigenvalue weighted by Gasteiger charge is 2.26. The average molecular weight is 228 g/mol. The van der Waals surface area contributed by atoms with Crippen molar-refractivity contribution in [3.8, 4) is 0 Å². The third kappa shape index (κ3) is 4.81. The van der Waals surface area contributed by atoms with Crippen LogP contribution in [0.15, 0.2) is 0 Å². The first-order valence-electron chi connectivity index (χ1n) is 6.52. The van der Waals surface area contributed by atoms with E-state index in [0.717, 1.165) is 32.8 Å². The molecule has 1 saturated heterocycles. The van der Waals surface area contributed by atoms with Crippen molar-refractivity contribution in [3.05, 3.63) is 0 Å². The molecule has 3 nitrogen and oxygen atoms in total. The highest BCUT2D eigenvalue weighted by Crippen LogP contribution is 2.28. The lowest BCUT2D eigenvalue weighted by molar-refractivity contribution is 0.0239. The minimum Gasteiger partial charge on any atom is -0.381 e. The molecule has 3 heteroatoms. The SMILES string of the molecule is CC(C)N(C)CCNCC1(C)CCOCC1. The van der Waals surface area contributed by atoms with Crippen LogP contribution in [-0.4, -0.2) is 50.8 Å². The van der Waals surface area contributed by atoms with Gasteiger partial charge in [0.1, 0.15) is 0 Å². The second-order valence-electron chi connectivity index (χ2n) is 5.67. The minimum atomic E-state index is 0.453. The van der Waals surface area contributed by atoms with Crippen molar-refractivity contribution in [2.24, 2.45) is 5.41 Å². The molecular weight excluding hydrogens is 200 g/mol. The summed E-state index contributed by atoms with van der Waals surface area (Å²) in [5.74, 6) is 0. The molecule has 1 N–H and O–H groups in total. The van der Waals surface area contributed by atoms with Crippen LogP contribution in [0.25, 0.3) is 0 Å². The zero-order valence-corrected chi connectivity index (χ0v) is 11.4. The van der Waals surface area contributed by atoms with E-state index in [2.05, 4.69) is 38.0 Å². The maximum atomic E-state index is 5.40. The molecule has 0 radical (unpaired) electrons. The second-order valence-corrected chi connectivity index (χ2v) is 5.67. The van der Waals surface area contributed by atoms with Crippen molar-refractivity contribution in [2.75, 3.05) is 39.9 Å². The molecule has 0 saturated carbocycles. The predicted molar refractivity (Wildman–Crippen MR) is 68.8 cm³/mol. The highest BCUT2D eigenvalue weighted by atomic mass is 16.5. The van der Waals surface area contributed by atoms with E-state index in [0.29, 0.717) is 11.5 Å². The van der Waals surface area contributed by atoms with Crippen LogP contribution in [0, 0.1) is 5.41 Å². The summed E-state index contributed by atoms with van der Waals surface area (Å²) in [5, 5.41) is 3.58. The number of nitrogens with zero attached hydrogens (tertiary/aromatic N) is 1. The van der Waals surface area contributed by atoms with Crippen LogP contribution in [0.4, 0.5) is 0 Å². The minimum absolute atomic E-state index is 0.453. The molecule has 0 aromatic carbocycles. The molecule has 1 aliphatic rings. The lowest BCUT2D eigenvalue weighted by atomic mass is 9.82. The Balaban J connectivity index is 2.10. The Morgan fingerprint density at radius 3 is 2.50 bits per heavy atom. The van der Waals surface area contributed by atoms with E-state index in [9.17, 15) is 0 Å². The second kappa shape index (κ2) is 6.58. The summed E-state index contributed by atoms with van der Waals surface area (Å²) >= 11 is 0. The van der Waals surface area contributed by atoms with Gasteiger partial charge in [0, 0.05) is 38.9 Å². The van der Waals surface area contributed by atoms with Gasteiger partial charge in [-0.15, -0.1) is 0 Å². The summed E-state index contributed by atoms with van der Waals surface area (Å²) in [5.41, 5.74) is 0.453. The maximum absolute atomic E-state index is 5.40.